The van der Waals surface area contributed by atoms with Crippen LogP contribution in [-0.4, -0.2) is 36.0 Å². The molecule has 1 aromatic heterocycles. The Kier molecular flexibility index (Phi) is 5.74. The SMILES string of the molecule is COc1cccc(C(O)=C2C(=O)C(=O)N(c3nc4ccc(C)cc4s3)C2c2cccc(OC)c2)c1. The summed E-state index contributed by atoms with van der Waals surface area (Å²) in [6.45, 7) is 1.98. The summed E-state index contributed by atoms with van der Waals surface area (Å²) in [4.78, 5) is 32.8. The van der Waals surface area contributed by atoms with Crippen LogP contribution in [0.25, 0.3) is 16.0 Å². The molecule has 1 aliphatic heterocycles. The number of aryl methyl sites for hydroxylation is 1. The van der Waals surface area contributed by atoms with Gasteiger partial charge in [-0.15, -0.1) is 0 Å². The van der Waals surface area contributed by atoms with Gasteiger partial charge in [-0.25, -0.2) is 4.98 Å². The van der Waals surface area contributed by atoms with Gasteiger partial charge in [0.15, 0.2) is 5.13 Å². The molecule has 8 heteroatoms. The molecule has 1 saturated heterocycles. The number of aromatic nitrogens is 1. The van der Waals surface area contributed by atoms with Crippen LogP contribution in [0.3, 0.4) is 0 Å². The van der Waals surface area contributed by atoms with E-state index in [1.54, 1.807) is 55.6 Å². The van der Waals surface area contributed by atoms with E-state index in [-0.39, 0.29) is 11.3 Å². The predicted molar refractivity (Wildman–Crippen MR) is 135 cm³/mol. The number of carbonyl (C=O) groups is 2. The molecule has 1 aliphatic rings. The lowest BCUT2D eigenvalue weighted by atomic mass is 9.95. The fourth-order valence-corrected chi connectivity index (χ4v) is 5.30. The van der Waals surface area contributed by atoms with Gasteiger partial charge in [0, 0.05) is 5.56 Å². The summed E-state index contributed by atoms with van der Waals surface area (Å²) in [6, 6.07) is 18.8. The predicted octanol–water partition coefficient (Wildman–Crippen LogP) is 5.25. The van der Waals surface area contributed by atoms with Crippen LogP contribution in [-0.2, 0) is 9.59 Å². The molecule has 7 nitrogen and oxygen atoms in total. The molecule has 4 aromatic rings. The topological polar surface area (TPSA) is 89.0 Å². The van der Waals surface area contributed by atoms with Gasteiger partial charge in [0.25, 0.3) is 5.78 Å². The van der Waals surface area contributed by atoms with E-state index in [1.165, 1.54) is 23.3 Å². The number of anilines is 1. The van der Waals surface area contributed by atoms with Crippen LogP contribution < -0.4 is 14.4 Å². The van der Waals surface area contributed by atoms with Crippen molar-refractivity contribution >= 4 is 44.1 Å². The molecule has 35 heavy (non-hydrogen) atoms. The molecule has 1 atom stereocenters. The van der Waals surface area contributed by atoms with E-state index in [9.17, 15) is 14.7 Å². The number of rotatable bonds is 5. The van der Waals surface area contributed by atoms with E-state index < -0.39 is 17.7 Å². The molecule has 176 valence electrons. The van der Waals surface area contributed by atoms with Crippen LogP contribution in [0.15, 0.2) is 72.3 Å². The molecule has 0 bridgehead atoms. The average molecular weight is 487 g/mol. The number of thiazole rings is 1. The van der Waals surface area contributed by atoms with E-state index in [1.807, 2.05) is 25.1 Å². The van der Waals surface area contributed by atoms with Gasteiger partial charge in [-0.05, 0) is 54.4 Å². The van der Waals surface area contributed by atoms with Crippen molar-refractivity contribution < 1.29 is 24.2 Å². The summed E-state index contributed by atoms with van der Waals surface area (Å²) in [6.07, 6.45) is 0. The number of nitrogens with zero attached hydrogens (tertiary/aromatic N) is 2. The Morgan fingerprint density at radius 1 is 0.971 bits per heavy atom. The fourth-order valence-electron chi connectivity index (χ4n) is 4.21. The van der Waals surface area contributed by atoms with Crippen LogP contribution in [0.2, 0.25) is 0 Å². The van der Waals surface area contributed by atoms with Gasteiger partial charge in [-0.3, -0.25) is 14.5 Å². The lowest BCUT2D eigenvalue weighted by Gasteiger charge is -2.23. The smallest absolute Gasteiger partial charge is 0.301 e. The van der Waals surface area contributed by atoms with E-state index in [0.717, 1.165) is 15.8 Å². The molecule has 0 spiro atoms. The minimum Gasteiger partial charge on any atom is -0.507 e. The average Bonchev–Trinajstić information content (AvgIpc) is 3.41. The van der Waals surface area contributed by atoms with Gasteiger partial charge < -0.3 is 14.6 Å². The molecule has 1 amide bonds. The Balaban J connectivity index is 1.74. The Labute approximate surface area is 205 Å². The quantitative estimate of drug-likeness (QED) is 0.236. The molecule has 2 heterocycles. The lowest BCUT2D eigenvalue weighted by molar-refractivity contribution is -0.132. The number of hydrogen-bond donors (Lipinski definition) is 1. The van der Waals surface area contributed by atoms with E-state index in [4.69, 9.17) is 9.47 Å². The zero-order chi connectivity index (χ0) is 24.7. The highest BCUT2D eigenvalue weighted by Crippen LogP contribution is 2.45. The number of fused-ring (bicyclic) bond motifs is 1. The Hall–Kier alpha value is -4.17. The zero-order valence-electron chi connectivity index (χ0n) is 19.3. The molecule has 1 fully saturated rings. The molecule has 0 saturated carbocycles. The number of aliphatic hydroxyl groups is 1. The molecular formula is C27H22N2O5S. The van der Waals surface area contributed by atoms with Gasteiger partial charge in [-0.1, -0.05) is 41.7 Å². The van der Waals surface area contributed by atoms with Gasteiger partial charge in [-0.2, -0.15) is 0 Å². The standard InChI is InChI=1S/C27H22N2O5S/c1-15-10-11-20-21(12-15)35-27(28-20)29-23(16-6-4-8-18(13-16)33-2)22(25(31)26(29)32)24(30)17-7-5-9-19(14-17)34-3/h4-14,23,30H,1-3H3. The number of carbonyl (C=O) groups excluding carboxylic acids is 2. The number of Topliss-reactive ketones (excluding diaryl/α,β-unsaturated/α-hetero) is 1. The van der Waals surface area contributed by atoms with Crippen molar-refractivity contribution in [2.24, 2.45) is 0 Å². The molecule has 0 radical (unpaired) electrons. The first-order valence-corrected chi connectivity index (χ1v) is 11.7. The van der Waals surface area contributed by atoms with Gasteiger partial charge in [0.05, 0.1) is 36.1 Å². The maximum atomic E-state index is 13.4. The number of methoxy groups -OCH3 is 2. The maximum absolute atomic E-state index is 13.4. The van der Waals surface area contributed by atoms with Crippen molar-refractivity contribution in [2.45, 2.75) is 13.0 Å². The van der Waals surface area contributed by atoms with Crippen LogP contribution in [0.5, 0.6) is 11.5 Å². The van der Waals surface area contributed by atoms with E-state index in [2.05, 4.69) is 4.98 Å². The molecule has 5 rings (SSSR count). The molecule has 0 aliphatic carbocycles. The van der Waals surface area contributed by atoms with Crippen LogP contribution >= 0.6 is 11.3 Å². The second-order valence-electron chi connectivity index (χ2n) is 8.15. The van der Waals surface area contributed by atoms with E-state index >= 15 is 0 Å². The summed E-state index contributed by atoms with van der Waals surface area (Å²) >= 11 is 1.32. The lowest BCUT2D eigenvalue weighted by Crippen LogP contribution is -2.29. The highest BCUT2D eigenvalue weighted by Gasteiger charge is 2.48. The largest absolute Gasteiger partial charge is 0.507 e. The van der Waals surface area contributed by atoms with Crippen LogP contribution in [0.1, 0.15) is 22.7 Å². The first-order valence-electron chi connectivity index (χ1n) is 10.9. The second-order valence-corrected chi connectivity index (χ2v) is 9.15. The van der Waals surface area contributed by atoms with Gasteiger partial charge >= 0.3 is 5.91 Å². The van der Waals surface area contributed by atoms with Crippen LogP contribution in [0.4, 0.5) is 5.13 Å². The number of hydrogen-bond acceptors (Lipinski definition) is 7. The van der Waals surface area contributed by atoms with Crippen molar-refractivity contribution in [1.29, 1.82) is 0 Å². The third-order valence-electron chi connectivity index (χ3n) is 5.94. The van der Waals surface area contributed by atoms with Crippen LogP contribution in [0, 0.1) is 6.92 Å². The summed E-state index contributed by atoms with van der Waals surface area (Å²) in [7, 11) is 3.06. The van der Waals surface area contributed by atoms with Gasteiger partial charge in [0.1, 0.15) is 17.3 Å². The highest BCUT2D eigenvalue weighted by atomic mass is 32.1. The first kappa shape index (κ1) is 22.6. The van der Waals surface area contributed by atoms with E-state index in [0.29, 0.717) is 27.8 Å². The monoisotopic (exact) mass is 486 g/mol. The maximum Gasteiger partial charge on any atom is 0.301 e. The summed E-state index contributed by atoms with van der Waals surface area (Å²) in [5, 5.41) is 11.7. The van der Waals surface area contributed by atoms with Crippen molar-refractivity contribution in [2.75, 3.05) is 19.1 Å². The molecule has 1 unspecified atom stereocenters. The first-order chi connectivity index (χ1) is 16.9. The van der Waals surface area contributed by atoms with Crippen molar-refractivity contribution in [3.8, 4) is 11.5 Å². The van der Waals surface area contributed by atoms with Crippen molar-refractivity contribution in [3.63, 3.8) is 0 Å². The summed E-state index contributed by atoms with van der Waals surface area (Å²) in [5.74, 6) is -0.738. The number of benzene rings is 3. The minimum absolute atomic E-state index is 0.0213. The molecule has 1 N–H and O–H groups in total. The minimum atomic E-state index is -0.891. The Bertz CT molecular complexity index is 1510. The number of aliphatic hydroxyl groups excluding tert-OH is 1. The molecular weight excluding hydrogens is 464 g/mol. The van der Waals surface area contributed by atoms with Gasteiger partial charge in [0.2, 0.25) is 0 Å². The number of amides is 1. The normalized spacial score (nSPS) is 17.2. The van der Waals surface area contributed by atoms with Crippen molar-refractivity contribution in [3.05, 3.63) is 89.0 Å². The fraction of sp³-hybridized carbons (Fsp3) is 0.148. The Morgan fingerprint density at radius 2 is 1.69 bits per heavy atom. The molecule has 3 aromatic carbocycles. The van der Waals surface area contributed by atoms with Crippen molar-refractivity contribution in [1.82, 2.24) is 4.98 Å². The summed E-state index contributed by atoms with van der Waals surface area (Å²) < 4.78 is 11.6. The number of ketones is 1. The second kappa shape index (κ2) is 8.88. The summed E-state index contributed by atoms with van der Waals surface area (Å²) in [5.41, 5.74) is 2.76. The third-order valence-corrected chi connectivity index (χ3v) is 6.95. The Morgan fingerprint density at radius 3 is 2.43 bits per heavy atom. The third kappa shape index (κ3) is 3.91. The number of ether oxygens (including phenoxy) is 2. The zero-order valence-corrected chi connectivity index (χ0v) is 20.1. The highest BCUT2D eigenvalue weighted by molar-refractivity contribution is 7.22.